The lowest BCUT2D eigenvalue weighted by Gasteiger charge is -2.05. The molecule has 3 rings (SSSR count). The summed E-state index contributed by atoms with van der Waals surface area (Å²) < 4.78 is 2.11. The largest absolute Gasteiger partial charge is 0.350 e. The highest BCUT2D eigenvalue weighted by Crippen LogP contribution is 2.26. The number of primary amides is 1. The fourth-order valence-electron chi connectivity index (χ4n) is 1.89. The molecule has 1 aromatic carbocycles. The van der Waals surface area contributed by atoms with Crippen LogP contribution in [0.1, 0.15) is 0 Å². The molecular weight excluding hydrogens is 355 g/mol. The summed E-state index contributed by atoms with van der Waals surface area (Å²) >= 11 is 2.22. The quantitative estimate of drug-likeness (QED) is 0.675. The van der Waals surface area contributed by atoms with E-state index in [1.165, 1.54) is 0 Å². The number of fused-ring (bicyclic) bond motifs is 1. The molecule has 3 aromatic rings. The van der Waals surface area contributed by atoms with Gasteiger partial charge in [0.05, 0.1) is 11.9 Å². The van der Waals surface area contributed by atoms with Gasteiger partial charge < -0.3 is 5.73 Å². The van der Waals surface area contributed by atoms with Gasteiger partial charge in [0.2, 0.25) is 0 Å². The molecule has 0 saturated carbocycles. The zero-order valence-corrected chi connectivity index (χ0v) is 11.9. The van der Waals surface area contributed by atoms with Gasteiger partial charge in [0.25, 0.3) is 0 Å². The number of nitrogens with two attached hydrogens (primary N) is 1. The topological polar surface area (TPSA) is 73.8 Å². The van der Waals surface area contributed by atoms with Crippen LogP contribution in [-0.4, -0.2) is 20.8 Å². The second kappa shape index (κ2) is 4.61. The van der Waals surface area contributed by atoms with Gasteiger partial charge in [-0.2, -0.15) is 9.78 Å². The van der Waals surface area contributed by atoms with Crippen LogP contribution in [-0.2, 0) is 0 Å². The first-order valence-corrected chi connectivity index (χ1v) is 6.64. The molecule has 0 fully saturated rings. The van der Waals surface area contributed by atoms with E-state index >= 15 is 0 Å². The predicted molar refractivity (Wildman–Crippen MR) is 80.7 cm³/mol. The third-order valence-corrected chi connectivity index (χ3v) is 3.58. The van der Waals surface area contributed by atoms with Crippen LogP contribution in [0.15, 0.2) is 42.6 Å². The van der Waals surface area contributed by atoms with Crippen molar-refractivity contribution in [2.24, 2.45) is 5.73 Å². The Bertz CT molecular complexity index is 767. The van der Waals surface area contributed by atoms with Gasteiger partial charge in [-0.1, -0.05) is 30.3 Å². The number of carbonyl (C=O) groups excluding carboxylic acids is 1. The van der Waals surface area contributed by atoms with Crippen LogP contribution < -0.4 is 5.73 Å². The number of carbonyl (C=O) groups is 1. The monoisotopic (exact) mass is 364 g/mol. The van der Waals surface area contributed by atoms with Gasteiger partial charge in [0, 0.05) is 14.5 Å². The standard InChI is InChI=1S/C13H9IN4O/c14-10-6-9-7-16-18(13(15)19)12(9)17-11(10)8-4-2-1-3-5-8/h1-7H,(H2,15,19). The van der Waals surface area contributed by atoms with Crippen molar-refractivity contribution in [3.05, 3.63) is 46.2 Å². The van der Waals surface area contributed by atoms with E-state index in [4.69, 9.17) is 5.73 Å². The number of hydrogen-bond acceptors (Lipinski definition) is 3. The van der Waals surface area contributed by atoms with E-state index in [1.54, 1.807) is 6.20 Å². The molecule has 6 heteroatoms. The number of nitrogens with zero attached hydrogens (tertiary/aromatic N) is 3. The van der Waals surface area contributed by atoms with Gasteiger partial charge in [-0.25, -0.2) is 9.78 Å². The highest BCUT2D eigenvalue weighted by atomic mass is 127. The number of benzene rings is 1. The predicted octanol–water partition coefficient (Wildman–Crippen LogP) is 2.63. The number of hydrogen-bond donors (Lipinski definition) is 1. The van der Waals surface area contributed by atoms with Gasteiger partial charge in [-0.05, 0) is 28.7 Å². The molecule has 0 aliphatic carbocycles. The van der Waals surface area contributed by atoms with Crippen LogP contribution in [0.3, 0.4) is 0 Å². The van der Waals surface area contributed by atoms with Crippen molar-refractivity contribution < 1.29 is 4.79 Å². The fraction of sp³-hybridized carbons (Fsp3) is 0. The Labute approximate surface area is 122 Å². The molecule has 2 heterocycles. The Morgan fingerprint density at radius 2 is 2.00 bits per heavy atom. The summed E-state index contributed by atoms with van der Waals surface area (Å²) in [7, 11) is 0. The van der Waals surface area contributed by atoms with E-state index in [9.17, 15) is 4.79 Å². The molecule has 0 spiro atoms. The Balaban J connectivity index is 2.28. The molecule has 19 heavy (non-hydrogen) atoms. The molecular formula is C13H9IN4O. The van der Waals surface area contributed by atoms with Crippen LogP contribution >= 0.6 is 22.6 Å². The molecule has 0 bridgehead atoms. The average Bonchev–Trinajstić information content (AvgIpc) is 2.81. The van der Waals surface area contributed by atoms with Crippen molar-refractivity contribution >= 4 is 39.7 Å². The van der Waals surface area contributed by atoms with Crippen LogP contribution in [0.4, 0.5) is 4.79 Å². The van der Waals surface area contributed by atoms with Crippen molar-refractivity contribution in [3.63, 3.8) is 0 Å². The molecule has 0 unspecified atom stereocenters. The van der Waals surface area contributed by atoms with Gasteiger partial charge >= 0.3 is 6.03 Å². The zero-order chi connectivity index (χ0) is 13.4. The Morgan fingerprint density at radius 3 is 2.68 bits per heavy atom. The molecule has 0 radical (unpaired) electrons. The zero-order valence-electron chi connectivity index (χ0n) is 9.75. The first-order chi connectivity index (χ1) is 9.16. The van der Waals surface area contributed by atoms with Crippen molar-refractivity contribution in [1.82, 2.24) is 14.8 Å². The molecule has 2 N–H and O–H groups in total. The van der Waals surface area contributed by atoms with Crippen molar-refractivity contribution in [1.29, 1.82) is 0 Å². The normalized spacial score (nSPS) is 10.8. The van der Waals surface area contributed by atoms with E-state index in [2.05, 4.69) is 32.7 Å². The van der Waals surface area contributed by atoms with E-state index in [-0.39, 0.29) is 0 Å². The third-order valence-electron chi connectivity index (χ3n) is 2.75. The van der Waals surface area contributed by atoms with Gasteiger partial charge in [0.1, 0.15) is 0 Å². The summed E-state index contributed by atoms with van der Waals surface area (Å²) in [6.45, 7) is 0. The Kier molecular flexibility index (Phi) is 2.94. The van der Waals surface area contributed by atoms with Gasteiger partial charge in [-0.3, -0.25) is 0 Å². The first-order valence-electron chi connectivity index (χ1n) is 5.56. The summed E-state index contributed by atoms with van der Waals surface area (Å²) in [6.07, 6.45) is 1.59. The summed E-state index contributed by atoms with van der Waals surface area (Å²) in [6, 6.07) is 11.1. The fourth-order valence-corrected chi connectivity index (χ4v) is 2.66. The van der Waals surface area contributed by atoms with E-state index < -0.39 is 6.03 Å². The minimum atomic E-state index is -0.636. The minimum Gasteiger partial charge on any atom is -0.350 e. The third kappa shape index (κ3) is 2.07. The number of rotatable bonds is 1. The lowest BCUT2D eigenvalue weighted by Crippen LogP contribution is -2.21. The summed E-state index contributed by atoms with van der Waals surface area (Å²) in [4.78, 5) is 15.8. The lowest BCUT2D eigenvalue weighted by molar-refractivity contribution is 0.248. The molecule has 0 aliphatic heterocycles. The van der Waals surface area contributed by atoms with Gasteiger partial charge in [0.15, 0.2) is 5.65 Å². The summed E-state index contributed by atoms with van der Waals surface area (Å²) in [5, 5.41) is 4.74. The second-order valence-electron chi connectivity index (χ2n) is 3.99. The smallest absolute Gasteiger partial charge is 0.341 e. The maximum atomic E-state index is 11.3. The van der Waals surface area contributed by atoms with Crippen LogP contribution in [0.5, 0.6) is 0 Å². The molecule has 5 nitrogen and oxygen atoms in total. The SMILES string of the molecule is NC(=O)n1ncc2cc(I)c(-c3ccccc3)nc21. The van der Waals surface area contributed by atoms with Gasteiger partial charge in [-0.15, -0.1) is 0 Å². The maximum Gasteiger partial charge on any atom is 0.341 e. The average molecular weight is 364 g/mol. The highest BCUT2D eigenvalue weighted by molar-refractivity contribution is 14.1. The number of amides is 1. The lowest BCUT2D eigenvalue weighted by atomic mass is 10.1. The van der Waals surface area contributed by atoms with E-state index in [0.29, 0.717) is 5.65 Å². The van der Waals surface area contributed by atoms with Crippen LogP contribution in [0.2, 0.25) is 0 Å². The second-order valence-corrected chi connectivity index (χ2v) is 5.15. The molecule has 0 atom stereocenters. The van der Waals surface area contributed by atoms with E-state index in [1.807, 2.05) is 36.4 Å². The van der Waals surface area contributed by atoms with E-state index in [0.717, 1.165) is 24.9 Å². The summed E-state index contributed by atoms with van der Waals surface area (Å²) in [5.74, 6) is 0. The number of pyridine rings is 1. The van der Waals surface area contributed by atoms with Crippen molar-refractivity contribution in [2.45, 2.75) is 0 Å². The van der Waals surface area contributed by atoms with Crippen LogP contribution in [0.25, 0.3) is 22.3 Å². The molecule has 2 aromatic heterocycles. The Morgan fingerprint density at radius 1 is 1.26 bits per heavy atom. The first kappa shape index (κ1) is 12.1. The maximum absolute atomic E-state index is 11.3. The number of halogens is 1. The van der Waals surface area contributed by atoms with Crippen molar-refractivity contribution in [2.75, 3.05) is 0 Å². The summed E-state index contributed by atoms with van der Waals surface area (Å²) in [5.41, 5.74) is 7.56. The number of aromatic nitrogens is 3. The molecule has 0 saturated heterocycles. The molecule has 1 amide bonds. The minimum absolute atomic E-state index is 0.478. The highest BCUT2D eigenvalue weighted by Gasteiger charge is 2.13. The van der Waals surface area contributed by atoms with Crippen molar-refractivity contribution in [3.8, 4) is 11.3 Å². The molecule has 94 valence electrons. The molecule has 0 aliphatic rings. The van der Waals surface area contributed by atoms with Crippen LogP contribution in [0, 0.1) is 3.57 Å². The Hall–Kier alpha value is -1.96.